The van der Waals surface area contributed by atoms with Crippen LogP contribution >= 0.6 is 0 Å². The molecule has 1 aliphatic heterocycles. The number of amides is 2. The van der Waals surface area contributed by atoms with Gasteiger partial charge in [-0.25, -0.2) is 0 Å². The van der Waals surface area contributed by atoms with E-state index in [2.05, 4.69) is 17.4 Å². The van der Waals surface area contributed by atoms with Crippen LogP contribution in [0.15, 0.2) is 54.6 Å². The largest absolute Gasteiger partial charge is 0.497 e. The van der Waals surface area contributed by atoms with Crippen LogP contribution in [-0.4, -0.2) is 32.0 Å². The molecule has 1 atom stereocenters. The molecule has 1 heterocycles. The summed E-state index contributed by atoms with van der Waals surface area (Å²) in [6.07, 6.45) is 2.44. The first-order valence-electron chi connectivity index (χ1n) is 9.39. The maximum atomic E-state index is 12.7. The van der Waals surface area contributed by atoms with Gasteiger partial charge in [0.15, 0.2) is 0 Å². The smallest absolute Gasteiger partial charge is 0.227 e. The molecule has 1 saturated heterocycles. The number of benzene rings is 2. The first-order chi connectivity index (χ1) is 13.1. The average molecular weight is 364 g/mol. The molecular weight excluding hydrogens is 340 g/mol. The van der Waals surface area contributed by atoms with E-state index in [1.165, 1.54) is 5.56 Å². The zero-order valence-electron chi connectivity index (χ0n) is 15.5. The van der Waals surface area contributed by atoms with Crippen molar-refractivity contribution in [2.45, 2.75) is 24.7 Å². The highest BCUT2D eigenvalue weighted by molar-refractivity contribution is 6.00. The zero-order chi connectivity index (χ0) is 18.9. The van der Waals surface area contributed by atoms with Gasteiger partial charge >= 0.3 is 0 Å². The lowest BCUT2D eigenvalue weighted by Gasteiger charge is -2.19. The van der Waals surface area contributed by atoms with Gasteiger partial charge in [0.2, 0.25) is 11.8 Å². The van der Waals surface area contributed by atoms with E-state index in [1.807, 2.05) is 42.5 Å². The van der Waals surface area contributed by atoms with Gasteiger partial charge in [-0.15, -0.1) is 0 Å². The number of hydrogen-bond donors (Lipinski definition) is 1. The van der Waals surface area contributed by atoms with Crippen LogP contribution in [0.1, 0.15) is 24.8 Å². The Morgan fingerprint density at radius 2 is 1.96 bits per heavy atom. The van der Waals surface area contributed by atoms with Crippen LogP contribution in [0.4, 0.5) is 5.69 Å². The molecule has 0 bridgehead atoms. The fourth-order valence-corrected chi connectivity index (χ4v) is 3.82. The van der Waals surface area contributed by atoms with Crippen molar-refractivity contribution in [3.8, 4) is 5.75 Å². The summed E-state index contributed by atoms with van der Waals surface area (Å²) in [4.78, 5) is 26.8. The van der Waals surface area contributed by atoms with E-state index in [9.17, 15) is 9.59 Å². The molecule has 0 aromatic heterocycles. The van der Waals surface area contributed by atoms with Crippen molar-refractivity contribution < 1.29 is 14.3 Å². The lowest BCUT2D eigenvalue weighted by molar-refractivity contribution is -0.126. The predicted octanol–water partition coefficient (Wildman–Crippen LogP) is 2.90. The van der Waals surface area contributed by atoms with Crippen molar-refractivity contribution in [3.05, 3.63) is 60.2 Å². The van der Waals surface area contributed by atoms with Crippen molar-refractivity contribution >= 4 is 17.5 Å². The van der Waals surface area contributed by atoms with E-state index in [4.69, 9.17) is 4.74 Å². The second-order valence-corrected chi connectivity index (χ2v) is 7.47. The minimum Gasteiger partial charge on any atom is -0.497 e. The fraction of sp³-hybridized carbons (Fsp3) is 0.364. The minimum absolute atomic E-state index is 0.0207. The summed E-state index contributed by atoms with van der Waals surface area (Å²) in [5.74, 6) is 0.338. The molecule has 1 saturated carbocycles. The highest BCUT2D eigenvalue weighted by Crippen LogP contribution is 2.47. The van der Waals surface area contributed by atoms with E-state index in [0.29, 0.717) is 18.8 Å². The molecule has 1 aliphatic carbocycles. The first-order valence-corrected chi connectivity index (χ1v) is 9.39. The van der Waals surface area contributed by atoms with E-state index in [0.717, 1.165) is 18.5 Å². The van der Waals surface area contributed by atoms with Gasteiger partial charge in [0, 0.05) is 36.7 Å². The molecule has 2 amide bonds. The van der Waals surface area contributed by atoms with Crippen molar-refractivity contribution in [2.75, 3.05) is 25.1 Å². The first kappa shape index (κ1) is 17.6. The summed E-state index contributed by atoms with van der Waals surface area (Å²) >= 11 is 0. The number of rotatable bonds is 6. The Bertz CT molecular complexity index is 846. The lowest BCUT2D eigenvalue weighted by Crippen LogP contribution is -2.37. The van der Waals surface area contributed by atoms with Gasteiger partial charge in [0.05, 0.1) is 13.0 Å². The third kappa shape index (κ3) is 3.54. The van der Waals surface area contributed by atoms with Crippen LogP contribution in [-0.2, 0) is 15.0 Å². The van der Waals surface area contributed by atoms with E-state index >= 15 is 0 Å². The topological polar surface area (TPSA) is 58.6 Å². The second-order valence-electron chi connectivity index (χ2n) is 7.47. The third-order valence-electron chi connectivity index (χ3n) is 5.70. The Labute approximate surface area is 159 Å². The predicted molar refractivity (Wildman–Crippen MR) is 104 cm³/mol. The quantitative estimate of drug-likeness (QED) is 0.857. The molecule has 4 rings (SSSR count). The number of nitrogens with one attached hydrogen (secondary N) is 1. The van der Waals surface area contributed by atoms with Crippen molar-refractivity contribution in [2.24, 2.45) is 5.92 Å². The molecule has 27 heavy (non-hydrogen) atoms. The number of methoxy groups -OCH3 is 1. The Balaban J connectivity index is 1.38. The summed E-state index contributed by atoms with van der Waals surface area (Å²) in [6, 6.07) is 17.7. The van der Waals surface area contributed by atoms with Gasteiger partial charge < -0.3 is 15.0 Å². The zero-order valence-corrected chi connectivity index (χ0v) is 15.5. The minimum atomic E-state index is -0.310. The summed E-state index contributed by atoms with van der Waals surface area (Å²) in [7, 11) is 1.60. The van der Waals surface area contributed by atoms with Gasteiger partial charge in [0.1, 0.15) is 5.75 Å². The Kier molecular flexibility index (Phi) is 4.60. The van der Waals surface area contributed by atoms with E-state index in [-0.39, 0.29) is 29.6 Å². The molecule has 5 heteroatoms. The van der Waals surface area contributed by atoms with Gasteiger partial charge in [-0.1, -0.05) is 36.4 Å². The number of ether oxygens (including phenoxy) is 1. The van der Waals surface area contributed by atoms with Crippen LogP contribution in [0.5, 0.6) is 5.75 Å². The molecule has 140 valence electrons. The molecule has 5 nitrogen and oxygen atoms in total. The molecule has 2 aromatic carbocycles. The lowest BCUT2D eigenvalue weighted by atomic mass is 9.95. The SMILES string of the molecule is COc1cccc(N2CC(C(=O)NCC3(c4ccccc4)CC3)CC2=O)c1. The molecular formula is C22H24N2O3. The Morgan fingerprint density at radius 1 is 1.19 bits per heavy atom. The number of carbonyl (C=O) groups excluding carboxylic acids is 2. The molecule has 1 N–H and O–H groups in total. The van der Waals surface area contributed by atoms with Crippen LogP contribution in [0.25, 0.3) is 0 Å². The normalized spacial score (nSPS) is 20.4. The highest BCUT2D eigenvalue weighted by atomic mass is 16.5. The molecule has 0 radical (unpaired) electrons. The monoisotopic (exact) mass is 364 g/mol. The van der Waals surface area contributed by atoms with Gasteiger partial charge in [0.25, 0.3) is 0 Å². The van der Waals surface area contributed by atoms with Crippen LogP contribution in [0.2, 0.25) is 0 Å². The van der Waals surface area contributed by atoms with E-state index < -0.39 is 0 Å². The average Bonchev–Trinajstić information content (AvgIpc) is 3.41. The second kappa shape index (κ2) is 7.06. The number of carbonyl (C=O) groups is 2. The molecule has 1 unspecified atom stereocenters. The number of nitrogens with zero attached hydrogens (tertiary/aromatic N) is 1. The Morgan fingerprint density at radius 3 is 2.67 bits per heavy atom. The maximum Gasteiger partial charge on any atom is 0.227 e. The van der Waals surface area contributed by atoms with Crippen molar-refractivity contribution in [3.63, 3.8) is 0 Å². The van der Waals surface area contributed by atoms with Crippen molar-refractivity contribution in [1.82, 2.24) is 5.32 Å². The van der Waals surface area contributed by atoms with Crippen LogP contribution in [0, 0.1) is 5.92 Å². The highest BCUT2D eigenvalue weighted by Gasteiger charge is 2.45. The van der Waals surface area contributed by atoms with Gasteiger partial charge in [-0.2, -0.15) is 0 Å². The van der Waals surface area contributed by atoms with Gasteiger partial charge in [-0.05, 0) is 30.5 Å². The van der Waals surface area contributed by atoms with E-state index in [1.54, 1.807) is 12.0 Å². The molecule has 2 fully saturated rings. The summed E-state index contributed by atoms with van der Waals surface area (Å²) in [5, 5.41) is 3.10. The summed E-state index contributed by atoms with van der Waals surface area (Å²) in [6.45, 7) is 1.05. The molecule has 2 aliphatic rings. The standard InChI is InChI=1S/C22H24N2O3/c1-27-19-9-5-8-18(13-19)24-14-16(12-20(24)25)21(26)23-15-22(10-11-22)17-6-3-2-4-7-17/h2-9,13,16H,10-12,14-15H2,1H3,(H,23,26). The molecule has 2 aromatic rings. The number of hydrogen-bond acceptors (Lipinski definition) is 3. The maximum absolute atomic E-state index is 12.7. The van der Waals surface area contributed by atoms with Gasteiger partial charge in [-0.3, -0.25) is 9.59 Å². The number of anilines is 1. The van der Waals surface area contributed by atoms with Crippen LogP contribution < -0.4 is 15.0 Å². The third-order valence-corrected chi connectivity index (χ3v) is 5.70. The summed E-state index contributed by atoms with van der Waals surface area (Å²) in [5.41, 5.74) is 2.13. The molecule has 0 spiro atoms. The summed E-state index contributed by atoms with van der Waals surface area (Å²) < 4.78 is 5.23. The Hall–Kier alpha value is -2.82. The van der Waals surface area contributed by atoms with Crippen molar-refractivity contribution in [1.29, 1.82) is 0 Å². The fourth-order valence-electron chi connectivity index (χ4n) is 3.82. The van der Waals surface area contributed by atoms with Crippen LogP contribution in [0.3, 0.4) is 0 Å².